The van der Waals surface area contributed by atoms with Crippen LogP contribution in [0.25, 0.3) is 0 Å². The summed E-state index contributed by atoms with van der Waals surface area (Å²) in [6.07, 6.45) is 4.67. The van der Waals surface area contributed by atoms with Gasteiger partial charge in [0, 0.05) is 18.6 Å². The quantitative estimate of drug-likeness (QED) is 0.338. The highest BCUT2D eigenvalue weighted by Crippen LogP contribution is 2.44. The van der Waals surface area contributed by atoms with E-state index in [2.05, 4.69) is 65.5 Å². The number of hydrogen-bond donors (Lipinski definition) is 0. The minimum Gasteiger partial charge on any atom is -0.394 e. The normalized spacial score (nSPS) is 13.7. The van der Waals surface area contributed by atoms with Crippen LogP contribution in [0, 0.1) is 0 Å². The molecule has 2 nitrogen and oxygen atoms in total. The van der Waals surface area contributed by atoms with Crippen molar-refractivity contribution in [1.29, 1.82) is 0 Å². The Kier molecular flexibility index (Phi) is 10.1. The van der Waals surface area contributed by atoms with E-state index in [4.69, 9.17) is 8.85 Å². The first-order valence-corrected chi connectivity index (χ1v) is 15.7. The fraction of sp³-hybridized carbons (Fsp3) is 1.00. The van der Waals surface area contributed by atoms with Gasteiger partial charge in [-0.05, 0) is 24.4 Å². The lowest BCUT2D eigenvalue weighted by molar-refractivity contribution is 0.174. The first-order chi connectivity index (χ1) is 9.58. The molecule has 5 heteroatoms. The van der Waals surface area contributed by atoms with Crippen molar-refractivity contribution < 1.29 is 8.85 Å². The molecule has 0 aromatic carbocycles. The standard InChI is InChI=1S/C16H38O2SSi2/c1-9-11-13-17-21(8,18-14-12-10-2)15-19-20(6,7)16(3,4)5/h9-15H2,1-8H3. The minimum atomic E-state index is -2.01. The lowest BCUT2D eigenvalue weighted by Gasteiger charge is -2.38. The van der Waals surface area contributed by atoms with E-state index in [9.17, 15) is 0 Å². The molecular formula is C16H38O2SSi2. The van der Waals surface area contributed by atoms with E-state index in [1.807, 2.05) is 0 Å². The van der Waals surface area contributed by atoms with Gasteiger partial charge in [0.05, 0.1) is 0 Å². The Hall–Kier alpha value is 0.704. The first kappa shape index (κ1) is 21.7. The summed E-state index contributed by atoms with van der Waals surface area (Å²) in [6, 6.07) is 0. The molecule has 0 radical (unpaired) electrons. The van der Waals surface area contributed by atoms with E-state index >= 15 is 0 Å². The van der Waals surface area contributed by atoms with Gasteiger partial charge in [0.2, 0.25) is 0 Å². The minimum absolute atomic E-state index is 0.416. The molecule has 0 atom stereocenters. The van der Waals surface area contributed by atoms with Gasteiger partial charge >= 0.3 is 8.56 Å². The lowest BCUT2D eigenvalue weighted by Crippen LogP contribution is -2.46. The summed E-state index contributed by atoms with van der Waals surface area (Å²) < 4.78 is 12.5. The molecular weight excluding hydrogens is 312 g/mol. The first-order valence-electron chi connectivity index (χ1n) is 8.50. The molecule has 0 saturated carbocycles. The van der Waals surface area contributed by atoms with Gasteiger partial charge in [0.15, 0.2) is 0 Å². The maximum Gasteiger partial charge on any atom is 0.344 e. The summed E-state index contributed by atoms with van der Waals surface area (Å²) in [5, 5.41) is 1.50. The Morgan fingerprint density at radius 1 is 0.857 bits per heavy atom. The van der Waals surface area contributed by atoms with Crippen LogP contribution in [-0.4, -0.2) is 34.4 Å². The summed E-state index contributed by atoms with van der Waals surface area (Å²) in [6.45, 7) is 20.5. The Morgan fingerprint density at radius 3 is 1.62 bits per heavy atom. The molecule has 128 valence electrons. The monoisotopic (exact) mass is 350 g/mol. The molecule has 0 aliphatic heterocycles. The van der Waals surface area contributed by atoms with E-state index in [1.165, 1.54) is 12.8 Å². The van der Waals surface area contributed by atoms with Crippen LogP contribution in [0.1, 0.15) is 60.3 Å². The van der Waals surface area contributed by atoms with Crippen molar-refractivity contribution in [3.8, 4) is 0 Å². The predicted molar refractivity (Wildman–Crippen MR) is 103 cm³/mol. The zero-order chi connectivity index (χ0) is 16.6. The summed E-state index contributed by atoms with van der Waals surface area (Å²) in [5.41, 5.74) is 0. The Labute approximate surface area is 139 Å². The van der Waals surface area contributed by atoms with Gasteiger partial charge in [-0.15, -0.1) is 0 Å². The highest BCUT2D eigenvalue weighted by molar-refractivity contribution is 8.29. The smallest absolute Gasteiger partial charge is 0.344 e. The second-order valence-corrected chi connectivity index (χ2v) is 20.3. The number of rotatable bonds is 11. The van der Waals surface area contributed by atoms with E-state index in [-0.39, 0.29) is 0 Å². The van der Waals surface area contributed by atoms with E-state index in [1.54, 1.807) is 0 Å². The summed E-state index contributed by atoms with van der Waals surface area (Å²) in [7, 11) is -3.33. The van der Waals surface area contributed by atoms with Crippen molar-refractivity contribution in [2.24, 2.45) is 0 Å². The third-order valence-electron chi connectivity index (χ3n) is 4.31. The Bertz CT molecular complexity index is 268. The van der Waals surface area contributed by atoms with Gasteiger partial charge in [-0.2, -0.15) is 11.2 Å². The summed E-state index contributed by atoms with van der Waals surface area (Å²) >= 11 is 2.16. The Balaban J connectivity index is 4.58. The Morgan fingerprint density at radius 2 is 1.29 bits per heavy atom. The molecule has 0 aromatic heterocycles. The number of hydrogen-bond acceptors (Lipinski definition) is 3. The maximum absolute atomic E-state index is 6.24. The molecule has 0 unspecified atom stereocenters. The van der Waals surface area contributed by atoms with Gasteiger partial charge in [-0.25, -0.2) is 0 Å². The highest BCUT2D eigenvalue weighted by Gasteiger charge is 2.40. The second-order valence-electron chi connectivity index (χ2n) is 7.59. The molecule has 0 N–H and O–H groups in total. The molecule has 0 saturated heterocycles. The molecule has 0 aliphatic rings. The zero-order valence-electron chi connectivity index (χ0n) is 15.7. The van der Waals surface area contributed by atoms with Crippen molar-refractivity contribution in [3.63, 3.8) is 0 Å². The molecule has 0 spiro atoms. The predicted octanol–water partition coefficient (Wildman–Crippen LogP) is 5.97. The molecule has 21 heavy (non-hydrogen) atoms. The van der Waals surface area contributed by atoms with Gasteiger partial charge in [0.25, 0.3) is 0 Å². The van der Waals surface area contributed by atoms with Crippen LogP contribution in [-0.2, 0) is 8.85 Å². The molecule has 0 rings (SSSR count). The largest absolute Gasteiger partial charge is 0.394 e. The third kappa shape index (κ3) is 8.79. The lowest BCUT2D eigenvalue weighted by atomic mass is 10.2. The van der Waals surface area contributed by atoms with Gasteiger partial charge < -0.3 is 8.85 Å². The fourth-order valence-electron chi connectivity index (χ4n) is 1.52. The summed E-state index contributed by atoms with van der Waals surface area (Å²) in [5.74, 6) is 0. The highest BCUT2D eigenvalue weighted by atomic mass is 32.4. The SMILES string of the molecule is CCCCO[Si](C)(CS[Si](C)(C)C(C)(C)C)OCCCC. The fourth-order valence-corrected chi connectivity index (χ4v) is 13.3. The van der Waals surface area contributed by atoms with Crippen molar-refractivity contribution in [1.82, 2.24) is 0 Å². The van der Waals surface area contributed by atoms with Crippen molar-refractivity contribution in [2.75, 3.05) is 18.6 Å². The van der Waals surface area contributed by atoms with Gasteiger partial charge in [-0.3, -0.25) is 0 Å². The van der Waals surface area contributed by atoms with Gasteiger partial charge in [0.1, 0.15) is 7.22 Å². The third-order valence-corrected chi connectivity index (χ3v) is 18.3. The average molecular weight is 351 g/mol. The van der Waals surface area contributed by atoms with Crippen LogP contribution < -0.4 is 0 Å². The molecule has 0 fully saturated rings. The molecule has 0 amide bonds. The van der Waals surface area contributed by atoms with Crippen LogP contribution >= 0.6 is 11.2 Å². The van der Waals surface area contributed by atoms with Crippen LogP contribution in [0.3, 0.4) is 0 Å². The van der Waals surface area contributed by atoms with Crippen LogP contribution in [0.5, 0.6) is 0 Å². The molecule has 0 aromatic rings. The maximum atomic E-state index is 6.24. The van der Waals surface area contributed by atoms with Crippen LogP contribution in [0.4, 0.5) is 0 Å². The molecule has 0 heterocycles. The van der Waals surface area contributed by atoms with Crippen molar-refractivity contribution >= 4 is 27.0 Å². The van der Waals surface area contributed by atoms with Gasteiger partial charge in [-0.1, -0.05) is 60.6 Å². The van der Waals surface area contributed by atoms with Crippen molar-refractivity contribution in [2.45, 2.75) is 85.0 Å². The van der Waals surface area contributed by atoms with E-state index < -0.39 is 15.8 Å². The number of unbranched alkanes of at least 4 members (excludes halogenated alkanes) is 2. The summed E-state index contributed by atoms with van der Waals surface area (Å²) in [4.78, 5) is 0. The zero-order valence-corrected chi connectivity index (χ0v) is 18.5. The van der Waals surface area contributed by atoms with Crippen LogP contribution in [0.2, 0.25) is 24.7 Å². The van der Waals surface area contributed by atoms with E-state index in [0.29, 0.717) is 5.04 Å². The molecule has 0 bridgehead atoms. The second kappa shape index (κ2) is 9.76. The van der Waals surface area contributed by atoms with E-state index in [0.717, 1.165) is 31.4 Å². The average Bonchev–Trinajstić information content (AvgIpc) is 2.36. The molecule has 0 aliphatic carbocycles. The van der Waals surface area contributed by atoms with Crippen molar-refractivity contribution in [3.05, 3.63) is 0 Å². The van der Waals surface area contributed by atoms with Crippen LogP contribution in [0.15, 0.2) is 0 Å². The topological polar surface area (TPSA) is 18.5 Å².